The van der Waals surface area contributed by atoms with Crippen molar-refractivity contribution < 1.29 is 9.66 Å². The summed E-state index contributed by atoms with van der Waals surface area (Å²) in [6.07, 6.45) is 6.99. The van der Waals surface area contributed by atoms with Gasteiger partial charge >= 0.3 is 5.69 Å². The monoisotopic (exact) mass is 316 g/mol. The summed E-state index contributed by atoms with van der Waals surface area (Å²) in [6.45, 7) is 0.570. The zero-order valence-electron chi connectivity index (χ0n) is 13.1. The van der Waals surface area contributed by atoms with Gasteiger partial charge in [-0.3, -0.25) is 14.8 Å². The summed E-state index contributed by atoms with van der Waals surface area (Å²) in [7, 11) is 1.43. The molecule has 1 aliphatic carbocycles. The highest BCUT2D eigenvalue weighted by Gasteiger charge is 2.18. The summed E-state index contributed by atoms with van der Waals surface area (Å²) in [5.74, 6) is 0.247. The van der Waals surface area contributed by atoms with Crippen molar-refractivity contribution in [2.45, 2.75) is 38.3 Å². The van der Waals surface area contributed by atoms with E-state index >= 15 is 0 Å². The van der Waals surface area contributed by atoms with Gasteiger partial charge in [0.1, 0.15) is 0 Å². The Balaban J connectivity index is 1.65. The summed E-state index contributed by atoms with van der Waals surface area (Å²) in [4.78, 5) is 10.4. The molecule has 1 saturated carbocycles. The van der Waals surface area contributed by atoms with Crippen molar-refractivity contribution in [3.63, 3.8) is 0 Å². The van der Waals surface area contributed by atoms with Gasteiger partial charge in [0.25, 0.3) is 0 Å². The molecule has 7 heteroatoms. The van der Waals surface area contributed by atoms with Gasteiger partial charge in [0.2, 0.25) is 0 Å². The number of nitro benzene ring substituents is 1. The van der Waals surface area contributed by atoms with Gasteiger partial charge in [0, 0.05) is 24.0 Å². The van der Waals surface area contributed by atoms with Crippen LogP contribution in [0.25, 0.3) is 0 Å². The van der Waals surface area contributed by atoms with E-state index in [1.165, 1.54) is 38.9 Å². The van der Waals surface area contributed by atoms with Gasteiger partial charge in [0.05, 0.1) is 30.3 Å². The Bertz CT molecular complexity index is 692. The fourth-order valence-corrected chi connectivity index (χ4v) is 2.97. The Hall–Kier alpha value is -2.57. The number of methoxy groups -OCH3 is 1. The van der Waals surface area contributed by atoms with Crippen molar-refractivity contribution in [3.8, 4) is 5.75 Å². The minimum atomic E-state index is -0.452. The van der Waals surface area contributed by atoms with E-state index in [1.807, 2.05) is 12.3 Å². The zero-order chi connectivity index (χ0) is 16.2. The predicted molar refractivity (Wildman–Crippen MR) is 86.7 cm³/mol. The number of aromatic nitrogens is 2. The molecule has 0 saturated heterocycles. The van der Waals surface area contributed by atoms with Crippen molar-refractivity contribution in [1.29, 1.82) is 0 Å². The van der Waals surface area contributed by atoms with Crippen LogP contribution >= 0.6 is 0 Å². The second-order valence-corrected chi connectivity index (χ2v) is 5.72. The molecule has 1 aromatic carbocycles. The van der Waals surface area contributed by atoms with Crippen molar-refractivity contribution in [3.05, 3.63) is 46.3 Å². The number of anilines is 1. The molecule has 1 aliphatic rings. The first-order valence-corrected chi connectivity index (χ1v) is 7.77. The third kappa shape index (κ3) is 3.44. The number of nitrogens with zero attached hydrogens (tertiary/aromatic N) is 3. The molecule has 0 radical (unpaired) electrons. The summed E-state index contributed by atoms with van der Waals surface area (Å²) >= 11 is 0. The molecule has 0 spiro atoms. The number of ether oxygens (including phenoxy) is 1. The fourth-order valence-electron chi connectivity index (χ4n) is 2.97. The van der Waals surface area contributed by atoms with Gasteiger partial charge in [-0.2, -0.15) is 5.10 Å². The fraction of sp³-hybridized carbons (Fsp3) is 0.438. The molecule has 2 aromatic rings. The molecular weight excluding hydrogens is 296 g/mol. The molecule has 0 bridgehead atoms. The minimum Gasteiger partial charge on any atom is -0.490 e. The van der Waals surface area contributed by atoms with Gasteiger partial charge in [-0.25, -0.2) is 0 Å². The largest absolute Gasteiger partial charge is 0.490 e. The molecule has 122 valence electrons. The van der Waals surface area contributed by atoms with Crippen LogP contribution in [0.4, 0.5) is 11.4 Å². The first-order valence-electron chi connectivity index (χ1n) is 7.77. The number of rotatable bonds is 6. The molecule has 0 aliphatic heterocycles. The van der Waals surface area contributed by atoms with Crippen LogP contribution in [-0.2, 0) is 6.54 Å². The molecule has 1 N–H and O–H groups in total. The average molecular weight is 316 g/mol. The third-order valence-electron chi connectivity index (χ3n) is 4.21. The van der Waals surface area contributed by atoms with E-state index in [9.17, 15) is 10.1 Å². The molecule has 0 atom stereocenters. The van der Waals surface area contributed by atoms with Crippen LogP contribution in [0.15, 0.2) is 30.5 Å². The van der Waals surface area contributed by atoms with E-state index in [0.29, 0.717) is 12.6 Å². The Morgan fingerprint density at radius 3 is 2.87 bits per heavy atom. The standard InChI is InChI=1S/C16H20N4O3/c1-23-16-10-12(6-7-15(16)20(21)22)17-11-13-8-9-19(18-13)14-4-2-3-5-14/h6-10,14,17H,2-5,11H2,1H3. The maximum absolute atomic E-state index is 10.9. The molecule has 1 heterocycles. The summed E-state index contributed by atoms with van der Waals surface area (Å²) in [5, 5.41) is 18.7. The lowest BCUT2D eigenvalue weighted by Crippen LogP contribution is -2.07. The van der Waals surface area contributed by atoms with E-state index in [1.54, 1.807) is 12.1 Å². The van der Waals surface area contributed by atoms with Crippen LogP contribution in [0.5, 0.6) is 5.75 Å². The number of nitro groups is 1. The lowest BCUT2D eigenvalue weighted by Gasteiger charge is -2.09. The Morgan fingerprint density at radius 2 is 2.17 bits per heavy atom. The minimum absolute atomic E-state index is 0.0384. The van der Waals surface area contributed by atoms with E-state index in [4.69, 9.17) is 4.74 Å². The highest BCUT2D eigenvalue weighted by atomic mass is 16.6. The summed E-state index contributed by atoms with van der Waals surface area (Å²) in [6, 6.07) is 7.29. The summed E-state index contributed by atoms with van der Waals surface area (Å²) < 4.78 is 7.13. The van der Waals surface area contributed by atoms with Crippen LogP contribution < -0.4 is 10.1 Å². The van der Waals surface area contributed by atoms with Crippen LogP contribution in [0, 0.1) is 10.1 Å². The molecule has 3 rings (SSSR count). The van der Waals surface area contributed by atoms with E-state index in [0.717, 1.165) is 11.4 Å². The molecule has 0 unspecified atom stereocenters. The quantitative estimate of drug-likeness (QED) is 0.651. The first-order chi connectivity index (χ1) is 11.2. The van der Waals surface area contributed by atoms with Crippen molar-refractivity contribution in [2.24, 2.45) is 0 Å². The Labute approximate surface area is 134 Å². The second-order valence-electron chi connectivity index (χ2n) is 5.72. The Kier molecular flexibility index (Phi) is 4.45. The second kappa shape index (κ2) is 6.68. The molecule has 7 nitrogen and oxygen atoms in total. The van der Waals surface area contributed by atoms with Crippen molar-refractivity contribution >= 4 is 11.4 Å². The SMILES string of the molecule is COc1cc(NCc2ccn(C3CCCC3)n2)ccc1[N+](=O)[O-]. The molecular formula is C16H20N4O3. The third-order valence-corrected chi connectivity index (χ3v) is 4.21. The van der Waals surface area contributed by atoms with Crippen LogP contribution in [0.3, 0.4) is 0 Å². The lowest BCUT2D eigenvalue weighted by molar-refractivity contribution is -0.385. The molecule has 0 amide bonds. The van der Waals surface area contributed by atoms with Gasteiger partial charge in [-0.05, 0) is 25.0 Å². The number of benzene rings is 1. The highest BCUT2D eigenvalue weighted by Crippen LogP contribution is 2.30. The van der Waals surface area contributed by atoms with Crippen LogP contribution in [0.1, 0.15) is 37.4 Å². The predicted octanol–water partition coefficient (Wildman–Crippen LogP) is 3.53. The smallest absolute Gasteiger partial charge is 0.311 e. The van der Waals surface area contributed by atoms with Crippen molar-refractivity contribution in [2.75, 3.05) is 12.4 Å². The lowest BCUT2D eigenvalue weighted by atomic mass is 10.2. The van der Waals surface area contributed by atoms with Gasteiger partial charge in [0.15, 0.2) is 5.75 Å². The van der Waals surface area contributed by atoms with Crippen LogP contribution in [0.2, 0.25) is 0 Å². The summed E-state index contributed by atoms with van der Waals surface area (Å²) in [5.41, 5.74) is 1.68. The van der Waals surface area contributed by atoms with Gasteiger partial charge in [-0.15, -0.1) is 0 Å². The number of nitrogens with one attached hydrogen (secondary N) is 1. The average Bonchev–Trinajstić information content (AvgIpc) is 3.23. The first kappa shape index (κ1) is 15.3. The normalized spacial score (nSPS) is 14.8. The van der Waals surface area contributed by atoms with Crippen LogP contribution in [-0.4, -0.2) is 21.8 Å². The van der Waals surface area contributed by atoms with Gasteiger partial charge < -0.3 is 10.1 Å². The molecule has 23 heavy (non-hydrogen) atoms. The van der Waals surface area contributed by atoms with E-state index in [2.05, 4.69) is 15.1 Å². The molecule has 1 aromatic heterocycles. The van der Waals surface area contributed by atoms with E-state index in [-0.39, 0.29) is 11.4 Å². The highest BCUT2D eigenvalue weighted by molar-refractivity contribution is 5.58. The maximum atomic E-state index is 10.9. The number of hydrogen-bond acceptors (Lipinski definition) is 5. The van der Waals surface area contributed by atoms with E-state index < -0.39 is 4.92 Å². The Morgan fingerprint density at radius 1 is 1.39 bits per heavy atom. The zero-order valence-corrected chi connectivity index (χ0v) is 13.1. The topological polar surface area (TPSA) is 82.2 Å². The number of hydrogen-bond donors (Lipinski definition) is 1. The van der Waals surface area contributed by atoms with Crippen molar-refractivity contribution in [1.82, 2.24) is 9.78 Å². The maximum Gasteiger partial charge on any atom is 0.311 e. The molecule has 1 fully saturated rings. The van der Waals surface area contributed by atoms with Gasteiger partial charge in [-0.1, -0.05) is 12.8 Å².